The first-order valence-electron chi connectivity index (χ1n) is 20.2. The van der Waals surface area contributed by atoms with Gasteiger partial charge >= 0.3 is 0 Å². The van der Waals surface area contributed by atoms with Crippen LogP contribution in [0.4, 0.5) is 58.4 Å². The van der Waals surface area contributed by atoms with Crippen LogP contribution in [-0.4, -0.2) is 123 Å². The van der Waals surface area contributed by atoms with E-state index in [1.54, 1.807) is 62.8 Å². The Kier molecular flexibility index (Phi) is 13.7. The van der Waals surface area contributed by atoms with Crippen LogP contribution in [0, 0.1) is 0 Å². The zero-order valence-electron chi connectivity index (χ0n) is 35.4. The smallest absolute Gasteiger partial charge is 0.295 e. The summed E-state index contributed by atoms with van der Waals surface area (Å²) in [5, 5.41) is 12.3. The van der Waals surface area contributed by atoms with Crippen LogP contribution in [0.3, 0.4) is 0 Å². The van der Waals surface area contributed by atoms with Gasteiger partial charge in [-0.05, 0) is 83.9 Å². The Balaban J connectivity index is 1.06. The third kappa shape index (κ3) is 11.5. The Labute approximate surface area is 379 Å². The van der Waals surface area contributed by atoms with E-state index in [0.29, 0.717) is 87.4 Å². The van der Waals surface area contributed by atoms with E-state index in [2.05, 4.69) is 51.2 Å². The number of anilines is 10. The Morgan fingerprint density at radius 2 is 0.818 bits per heavy atom. The topological polar surface area (TPSA) is 278 Å². The summed E-state index contributed by atoms with van der Waals surface area (Å²) in [6.45, 7) is 3.98. The van der Waals surface area contributed by atoms with Crippen LogP contribution in [0.2, 0.25) is 0 Å². The molecule has 2 aromatic heterocycles. The molecule has 0 atom stereocenters. The van der Waals surface area contributed by atoms with Crippen molar-refractivity contribution in [2.24, 2.45) is 0 Å². The summed E-state index contributed by atoms with van der Waals surface area (Å²) < 4.78 is 93.4. The van der Waals surface area contributed by atoms with Crippen molar-refractivity contribution in [3.05, 3.63) is 96.1 Å². The van der Waals surface area contributed by atoms with Gasteiger partial charge < -0.3 is 50.0 Å². The van der Waals surface area contributed by atoms with Gasteiger partial charge in [-0.2, -0.15) is 46.7 Å². The lowest BCUT2D eigenvalue weighted by Gasteiger charge is -2.27. The molecule has 0 bridgehead atoms. The molecule has 4 heterocycles. The highest BCUT2D eigenvalue weighted by atomic mass is 32.2. The average Bonchev–Trinajstić information content (AvgIpc) is 3.31. The lowest BCUT2D eigenvalue weighted by atomic mass is 10.1. The summed E-state index contributed by atoms with van der Waals surface area (Å²) >= 11 is 0. The second-order valence-electron chi connectivity index (χ2n) is 14.5. The Hall–Kier alpha value is -7.22. The first-order chi connectivity index (χ1) is 31.8. The van der Waals surface area contributed by atoms with E-state index in [1.807, 2.05) is 9.80 Å². The van der Waals surface area contributed by atoms with Crippen molar-refractivity contribution in [1.29, 1.82) is 0 Å². The van der Waals surface area contributed by atoms with E-state index < -0.39 is 30.0 Å². The van der Waals surface area contributed by atoms with Gasteiger partial charge in [0.2, 0.25) is 35.7 Å². The molecule has 344 valence electrons. The zero-order chi connectivity index (χ0) is 46.3. The third-order valence-corrected chi connectivity index (χ3v) is 11.9. The number of ether oxygens (including phenoxy) is 4. The fourth-order valence-electron chi connectivity index (χ4n) is 6.75. The standard InChI is InChI=1S/C42H44N12O10S2/c1-61-33-13-9-29(10-14-33)43-37-47-39(51-41(49-37)53-17-21-63-22-18-53)45-31-7-5-27(35(25-31)65(55,56)57)3-4-28-6-8-32(26-36(28)66(58,59)60)46-40-48-38(44-30-11-15-34(62-2)16-12-30)50-42(52-40)54-19-23-64-24-20-54/h3-16,25-26H,17-24H2,1-2H3,(H,55,56,57)(H,58,59,60)(H2,43,45,47,49,51)(H2,44,46,48,50,52)/b4-3+. The van der Waals surface area contributed by atoms with E-state index in [4.69, 9.17) is 18.9 Å². The number of nitrogens with zero attached hydrogens (tertiary/aromatic N) is 8. The number of hydrogen-bond acceptors (Lipinski definition) is 20. The fourth-order valence-corrected chi connectivity index (χ4v) is 8.17. The minimum Gasteiger partial charge on any atom is -0.497 e. The molecular weight excluding hydrogens is 897 g/mol. The molecule has 6 aromatic rings. The van der Waals surface area contributed by atoms with Crippen LogP contribution in [0.5, 0.6) is 11.5 Å². The van der Waals surface area contributed by atoms with Gasteiger partial charge in [-0.3, -0.25) is 9.11 Å². The second-order valence-corrected chi connectivity index (χ2v) is 17.3. The van der Waals surface area contributed by atoms with Crippen molar-refractivity contribution in [3.63, 3.8) is 0 Å². The van der Waals surface area contributed by atoms with Gasteiger partial charge in [0.05, 0.1) is 40.6 Å². The lowest BCUT2D eigenvalue weighted by Crippen LogP contribution is -2.37. The molecule has 22 nitrogen and oxygen atoms in total. The van der Waals surface area contributed by atoms with E-state index in [0.717, 1.165) is 0 Å². The molecule has 2 aliphatic heterocycles. The normalized spacial score (nSPS) is 14.5. The molecule has 0 spiro atoms. The molecule has 0 unspecified atom stereocenters. The van der Waals surface area contributed by atoms with Gasteiger partial charge in [-0.1, -0.05) is 24.3 Å². The van der Waals surface area contributed by atoms with E-state index in [-0.39, 0.29) is 46.3 Å². The van der Waals surface area contributed by atoms with Gasteiger partial charge in [0.25, 0.3) is 20.2 Å². The molecule has 4 aromatic carbocycles. The predicted molar refractivity (Wildman–Crippen MR) is 246 cm³/mol. The lowest BCUT2D eigenvalue weighted by molar-refractivity contribution is 0.122. The number of aromatic nitrogens is 6. The molecule has 0 radical (unpaired) electrons. The number of hydrogen-bond donors (Lipinski definition) is 6. The summed E-state index contributed by atoms with van der Waals surface area (Å²) in [4.78, 5) is 30.1. The van der Waals surface area contributed by atoms with Crippen molar-refractivity contribution in [2.75, 3.05) is 97.9 Å². The van der Waals surface area contributed by atoms with Crippen LogP contribution in [0.15, 0.2) is 94.7 Å². The van der Waals surface area contributed by atoms with Crippen molar-refractivity contribution in [1.82, 2.24) is 29.9 Å². The molecule has 2 saturated heterocycles. The summed E-state index contributed by atoms with van der Waals surface area (Å²) in [6.07, 6.45) is 2.58. The van der Waals surface area contributed by atoms with Gasteiger partial charge in [0.15, 0.2) is 0 Å². The van der Waals surface area contributed by atoms with Gasteiger partial charge in [0.1, 0.15) is 21.3 Å². The van der Waals surface area contributed by atoms with Crippen molar-refractivity contribution >= 4 is 90.8 Å². The second kappa shape index (κ2) is 19.9. The molecule has 66 heavy (non-hydrogen) atoms. The van der Waals surface area contributed by atoms with E-state index in [9.17, 15) is 25.9 Å². The molecule has 24 heteroatoms. The minimum atomic E-state index is -4.86. The SMILES string of the molecule is COc1ccc(Nc2nc(Nc3ccc(/C=C/c4ccc(Nc5nc(Nc6ccc(OC)cc6)nc(N6CCOCC6)n5)cc4S(=O)(=O)O)c(S(=O)(=O)O)c3)nc(N3CCOCC3)n2)cc1. The molecule has 8 rings (SSSR count). The molecule has 0 saturated carbocycles. The van der Waals surface area contributed by atoms with Crippen molar-refractivity contribution in [2.45, 2.75) is 9.79 Å². The number of methoxy groups -OCH3 is 2. The maximum atomic E-state index is 12.8. The molecule has 2 fully saturated rings. The van der Waals surface area contributed by atoms with Crippen molar-refractivity contribution in [3.8, 4) is 11.5 Å². The highest BCUT2D eigenvalue weighted by molar-refractivity contribution is 7.86. The first-order valence-corrected chi connectivity index (χ1v) is 23.1. The van der Waals surface area contributed by atoms with Gasteiger partial charge in [-0.15, -0.1) is 0 Å². The largest absolute Gasteiger partial charge is 0.497 e. The Bertz CT molecular complexity index is 2740. The summed E-state index contributed by atoms with van der Waals surface area (Å²) in [5.74, 6) is 2.54. The van der Waals surface area contributed by atoms with Gasteiger partial charge in [0, 0.05) is 48.9 Å². The number of nitrogens with one attached hydrogen (secondary N) is 4. The van der Waals surface area contributed by atoms with Crippen LogP contribution in [0.25, 0.3) is 12.2 Å². The summed E-state index contributed by atoms with van der Waals surface area (Å²) in [6, 6.07) is 22.5. The monoisotopic (exact) mass is 940 g/mol. The average molecular weight is 941 g/mol. The number of benzene rings is 4. The molecular formula is C42H44N12O10S2. The highest BCUT2D eigenvalue weighted by Crippen LogP contribution is 2.30. The number of morpholine rings is 2. The number of rotatable bonds is 16. The maximum Gasteiger partial charge on any atom is 0.295 e. The molecule has 2 aliphatic rings. The van der Waals surface area contributed by atoms with Crippen LogP contribution < -0.4 is 40.5 Å². The Morgan fingerprint density at radius 1 is 0.500 bits per heavy atom. The van der Waals surface area contributed by atoms with Crippen molar-refractivity contribution < 1.29 is 44.9 Å². The Morgan fingerprint density at radius 3 is 1.14 bits per heavy atom. The quantitative estimate of drug-likeness (QED) is 0.0524. The zero-order valence-corrected chi connectivity index (χ0v) is 37.1. The molecule has 0 amide bonds. The first kappa shape index (κ1) is 45.4. The predicted octanol–water partition coefficient (Wildman–Crippen LogP) is 5.39. The van der Waals surface area contributed by atoms with E-state index in [1.165, 1.54) is 48.6 Å². The molecule has 0 aliphatic carbocycles. The van der Waals surface area contributed by atoms with Gasteiger partial charge in [-0.25, -0.2) is 0 Å². The van der Waals surface area contributed by atoms with Crippen LogP contribution in [-0.2, 0) is 29.7 Å². The summed E-state index contributed by atoms with van der Waals surface area (Å²) in [5.41, 5.74) is 1.72. The minimum absolute atomic E-state index is 0.00392. The summed E-state index contributed by atoms with van der Waals surface area (Å²) in [7, 11) is -6.58. The van der Waals surface area contributed by atoms with E-state index >= 15 is 0 Å². The van der Waals surface area contributed by atoms with Crippen LogP contribution >= 0.6 is 0 Å². The highest BCUT2D eigenvalue weighted by Gasteiger charge is 2.22. The molecule has 6 N–H and O–H groups in total. The van der Waals surface area contributed by atoms with Crippen LogP contribution in [0.1, 0.15) is 11.1 Å². The third-order valence-electron chi connectivity index (χ3n) is 10.1. The maximum absolute atomic E-state index is 12.8. The fraction of sp³-hybridized carbons (Fsp3) is 0.238.